The molecule has 10 aromatic carbocycles. The van der Waals surface area contributed by atoms with Crippen LogP contribution >= 0.6 is 0 Å². The number of benzene rings is 10. The summed E-state index contributed by atoms with van der Waals surface area (Å²) in [5, 5.41) is 19.4. The van der Waals surface area contributed by atoms with Crippen LogP contribution < -0.4 is 0 Å². The molecule has 0 N–H and O–H groups in total. The fourth-order valence-electron chi connectivity index (χ4n) is 7.53. The van der Waals surface area contributed by atoms with Gasteiger partial charge in [-0.05, 0) is 121 Å². The van der Waals surface area contributed by atoms with E-state index in [1.807, 2.05) is 12.1 Å². The van der Waals surface area contributed by atoms with Crippen LogP contribution in [0.4, 0.5) is 8.78 Å². The fourth-order valence-corrected chi connectivity index (χ4v) is 7.53. The van der Waals surface area contributed by atoms with Crippen molar-refractivity contribution in [2.45, 2.75) is 0 Å². The molecular weight excluding hydrogens is 446 g/mol. The van der Waals surface area contributed by atoms with Crippen molar-refractivity contribution in [2.24, 2.45) is 0 Å². The van der Waals surface area contributed by atoms with Gasteiger partial charge in [-0.15, -0.1) is 0 Å². The maximum atomic E-state index is 15.3. The molecule has 36 heavy (non-hydrogen) atoms. The number of halogens is 2. The Labute approximate surface area is 202 Å². The van der Waals surface area contributed by atoms with Gasteiger partial charge in [0.15, 0.2) is 0 Å². The first-order valence-corrected chi connectivity index (χ1v) is 12.2. The lowest BCUT2D eigenvalue weighted by molar-refractivity contribution is 0.631. The van der Waals surface area contributed by atoms with Crippen molar-refractivity contribution < 1.29 is 8.78 Å². The van der Waals surface area contributed by atoms with Crippen LogP contribution in [0.2, 0.25) is 0 Å². The lowest BCUT2D eigenvalue weighted by Gasteiger charge is -2.25. The van der Waals surface area contributed by atoms with E-state index in [1.54, 1.807) is 24.3 Å². The lowest BCUT2D eigenvalue weighted by atomic mass is 9.77. The summed E-state index contributed by atoms with van der Waals surface area (Å²) in [7, 11) is 0. The van der Waals surface area contributed by atoms with Crippen molar-refractivity contribution in [3.63, 3.8) is 0 Å². The zero-order chi connectivity index (χ0) is 23.4. The van der Waals surface area contributed by atoms with Gasteiger partial charge in [-0.1, -0.05) is 60.7 Å². The van der Waals surface area contributed by atoms with Crippen molar-refractivity contribution in [3.8, 4) is 0 Å². The van der Waals surface area contributed by atoms with Gasteiger partial charge in [-0.25, -0.2) is 8.78 Å². The molecule has 0 aliphatic rings. The fraction of sp³-hybridized carbons (Fsp3) is 0. The smallest absolute Gasteiger partial charge is 0.124 e. The number of fused-ring (bicyclic) bond motifs is 4. The molecule has 0 aliphatic carbocycles. The molecule has 2 heteroatoms. The van der Waals surface area contributed by atoms with E-state index in [2.05, 4.69) is 48.5 Å². The normalized spacial score (nSPS) is 13.3. The molecule has 0 heterocycles. The predicted octanol–water partition coefficient (Wildman–Crippen LogP) is 10.1. The highest BCUT2D eigenvalue weighted by atomic mass is 19.1. The lowest BCUT2D eigenvalue weighted by Crippen LogP contribution is -1.97. The summed E-state index contributed by atoms with van der Waals surface area (Å²) in [6.07, 6.45) is 0. The second-order valence-electron chi connectivity index (χ2n) is 10.3. The van der Waals surface area contributed by atoms with E-state index in [-0.39, 0.29) is 11.6 Å². The average molecular weight is 460 g/mol. The van der Waals surface area contributed by atoms with Gasteiger partial charge >= 0.3 is 0 Å². The Bertz CT molecular complexity index is 2360. The van der Waals surface area contributed by atoms with E-state index in [0.717, 1.165) is 86.2 Å². The van der Waals surface area contributed by atoms with E-state index >= 15 is 8.78 Å². The largest absolute Gasteiger partial charge is 0.207 e. The molecule has 0 saturated heterocycles. The molecule has 0 atom stereocenters. The van der Waals surface area contributed by atoms with Crippen LogP contribution in [0.1, 0.15) is 0 Å². The van der Waals surface area contributed by atoms with Gasteiger partial charge in [0.25, 0.3) is 0 Å². The van der Waals surface area contributed by atoms with Crippen LogP contribution in [-0.2, 0) is 0 Å². The summed E-state index contributed by atoms with van der Waals surface area (Å²) in [6, 6.07) is 27.8. The van der Waals surface area contributed by atoms with Crippen LogP contribution in [0.5, 0.6) is 0 Å². The first-order valence-electron chi connectivity index (χ1n) is 12.2. The molecule has 0 fully saturated rings. The molecule has 0 bridgehead atoms. The number of rotatable bonds is 0. The third-order valence-electron chi connectivity index (χ3n) is 8.71. The predicted molar refractivity (Wildman–Crippen MR) is 149 cm³/mol. The maximum Gasteiger partial charge on any atom is 0.124 e. The molecule has 0 nitrogen and oxygen atoms in total. The molecule has 164 valence electrons. The third-order valence-corrected chi connectivity index (χ3v) is 8.71. The van der Waals surface area contributed by atoms with Gasteiger partial charge in [-0.2, -0.15) is 0 Å². The minimum atomic E-state index is -0.222. The van der Waals surface area contributed by atoms with E-state index in [1.165, 1.54) is 10.8 Å². The standard InChI is InChI=1S/C34H14F2/c35-17-11-23-19-5-1-3-15-7-9-21-26-14-18(36)12-24-20-6-2-4-16-8-10-22-25(13-17)29(23)33(31(21)27(15)19)34(30(24)26)32(22)28(16)20/h1-14H. The maximum absolute atomic E-state index is 15.3. The second kappa shape index (κ2) is 5.47. The van der Waals surface area contributed by atoms with Crippen molar-refractivity contribution in [2.75, 3.05) is 0 Å². The van der Waals surface area contributed by atoms with Crippen molar-refractivity contribution in [3.05, 3.63) is 96.6 Å². The van der Waals surface area contributed by atoms with E-state index in [9.17, 15) is 0 Å². The molecular formula is C34H14F2. The Morgan fingerprint density at radius 3 is 1.11 bits per heavy atom. The minimum Gasteiger partial charge on any atom is -0.207 e. The van der Waals surface area contributed by atoms with Gasteiger partial charge in [0, 0.05) is 0 Å². The van der Waals surface area contributed by atoms with Gasteiger partial charge < -0.3 is 0 Å². The zero-order valence-corrected chi connectivity index (χ0v) is 18.8. The Balaban J connectivity index is 1.79. The SMILES string of the molecule is Fc1cc2c3cccc4ccc5c6cc(F)cc7c8cccc9ccc%10c(c1)c2c(c5c43)c(c76)c%10c98. The highest BCUT2D eigenvalue weighted by Gasteiger charge is 2.26. The molecule has 10 aromatic rings. The van der Waals surface area contributed by atoms with E-state index in [0.29, 0.717) is 0 Å². The average Bonchev–Trinajstić information content (AvgIpc) is 2.90. The van der Waals surface area contributed by atoms with Gasteiger partial charge in [0.1, 0.15) is 11.6 Å². The molecule has 0 spiro atoms. The number of hydrogen-bond donors (Lipinski definition) is 0. The van der Waals surface area contributed by atoms with Crippen molar-refractivity contribution in [1.29, 1.82) is 0 Å². The van der Waals surface area contributed by atoms with Crippen LogP contribution in [-0.4, -0.2) is 0 Å². The van der Waals surface area contributed by atoms with Crippen LogP contribution in [0.3, 0.4) is 0 Å². The summed E-state index contributed by atoms with van der Waals surface area (Å²) in [4.78, 5) is 0. The van der Waals surface area contributed by atoms with Crippen LogP contribution in [0, 0.1) is 11.6 Å². The monoisotopic (exact) mass is 460 g/mol. The summed E-state index contributed by atoms with van der Waals surface area (Å²) in [5.41, 5.74) is 0. The summed E-state index contributed by atoms with van der Waals surface area (Å²) >= 11 is 0. The summed E-state index contributed by atoms with van der Waals surface area (Å²) < 4.78 is 30.6. The summed E-state index contributed by atoms with van der Waals surface area (Å²) in [5.74, 6) is -0.445. The van der Waals surface area contributed by atoms with Gasteiger partial charge in [0.2, 0.25) is 0 Å². The van der Waals surface area contributed by atoms with Gasteiger partial charge in [-0.3, -0.25) is 0 Å². The molecule has 0 amide bonds. The second-order valence-corrected chi connectivity index (χ2v) is 10.3. The highest BCUT2D eigenvalue weighted by Crippen LogP contribution is 2.55. The summed E-state index contributed by atoms with van der Waals surface area (Å²) in [6.45, 7) is 0. The molecule has 0 aromatic heterocycles. The highest BCUT2D eigenvalue weighted by molar-refractivity contribution is 6.54. The van der Waals surface area contributed by atoms with Crippen LogP contribution in [0.15, 0.2) is 84.9 Å². The molecule has 0 saturated carbocycles. The van der Waals surface area contributed by atoms with Crippen LogP contribution in [0.25, 0.3) is 97.0 Å². The topological polar surface area (TPSA) is 0 Å². The van der Waals surface area contributed by atoms with Crippen molar-refractivity contribution >= 4 is 97.0 Å². The van der Waals surface area contributed by atoms with Gasteiger partial charge in [0.05, 0.1) is 0 Å². The number of hydrogen-bond acceptors (Lipinski definition) is 0. The first-order chi connectivity index (χ1) is 17.7. The Morgan fingerprint density at radius 2 is 0.694 bits per heavy atom. The first kappa shape index (κ1) is 17.8. The minimum absolute atomic E-state index is 0.222. The molecule has 0 unspecified atom stereocenters. The Kier molecular flexibility index (Phi) is 2.71. The molecule has 0 radical (unpaired) electrons. The van der Waals surface area contributed by atoms with Crippen molar-refractivity contribution in [1.82, 2.24) is 0 Å². The Morgan fingerprint density at radius 1 is 0.306 bits per heavy atom. The quantitative estimate of drug-likeness (QED) is 0.156. The third kappa shape index (κ3) is 1.73. The molecule has 0 aliphatic heterocycles. The van der Waals surface area contributed by atoms with E-state index < -0.39 is 0 Å². The molecule has 10 rings (SSSR count). The zero-order valence-electron chi connectivity index (χ0n) is 18.8. The Hall–Kier alpha value is -4.56. The van der Waals surface area contributed by atoms with E-state index in [4.69, 9.17) is 0 Å².